The highest BCUT2D eigenvalue weighted by Gasteiger charge is 2.26. The van der Waals surface area contributed by atoms with E-state index in [9.17, 15) is 0 Å². The van der Waals surface area contributed by atoms with Crippen LogP contribution in [0.15, 0.2) is 24.3 Å². The van der Waals surface area contributed by atoms with Crippen LogP contribution in [0.4, 0.5) is 0 Å². The van der Waals surface area contributed by atoms with Crippen LogP contribution < -0.4 is 5.73 Å². The summed E-state index contributed by atoms with van der Waals surface area (Å²) in [5.74, 6) is 0. The summed E-state index contributed by atoms with van der Waals surface area (Å²) in [6, 6.07) is 8.80. The Balaban J connectivity index is 1.78. The Morgan fingerprint density at radius 1 is 1.29 bits per heavy atom. The van der Waals surface area contributed by atoms with E-state index in [4.69, 9.17) is 10.5 Å². The highest BCUT2D eigenvalue weighted by atomic mass is 127. The maximum atomic E-state index is 5.69. The topological polar surface area (TPSA) is 35.2 Å². The predicted octanol–water partition coefficient (Wildman–Crippen LogP) is 2.30. The molecule has 0 amide bonds. The molecule has 1 aliphatic rings. The summed E-state index contributed by atoms with van der Waals surface area (Å²) < 4.78 is 6.95. The molecule has 0 heterocycles. The number of benzene rings is 1. The van der Waals surface area contributed by atoms with E-state index in [0.717, 1.165) is 12.8 Å². The van der Waals surface area contributed by atoms with Crippen molar-refractivity contribution in [2.75, 3.05) is 0 Å². The first-order valence-electron chi connectivity index (χ1n) is 4.85. The minimum Gasteiger partial charge on any atom is -0.373 e. The minimum absolute atomic E-state index is 0.372. The van der Waals surface area contributed by atoms with Crippen molar-refractivity contribution in [2.24, 2.45) is 5.73 Å². The molecule has 0 aliphatic heterocycles. The molecule has 14 heavy (non-hydrogen) atoms. The molecule has 3 heteroatoms. The van der Waals surface area contributed by atoms with Gasteiger partial charge in [0.05, 0.1) is 12.7 Å². The molecule has 1 aromatic carbocycles. The lowest BCUT2D eigenvalue weighted by atomic mass is 9.90. The van der Waals surface area contributed by atoms with Gasteiger partial charge in [0.1, 0.15) is 0 Å². The van der Waals surface area contributed by atoms with Gasteiger partial charge in [0, 0.05) is 9.61 Å². The number of ether oxygens (including phenoxy) is 1. The molecule has 1 aromatic rings. The lowest BCUT2D eigenvalue weighted by molar-refractivity contribution is -0.0188. The summed E-state index contributed by atoms with van der Waals surface area (Å²) in [5, 5.41) is 0. The molecule has 1 aliphatic carbocycles. The number of rotatable bonds is 3. The normalized spacial score (nSPS) is 25.9. The third kappa shape index (κ3) is 2.68. The van der Waals surface area contributed by atoms with Crippen LogP contribution in [0.3, 0.4) is 0 Å². The van der Waals surface area contributed by atoms with E-state index in [-0.39, 0.29) is 0 Å². The first-order valence-corrected chi connectivity index (χ1v) is 5.93. The third-order valence-corrected chi connectivity index (χ3v) is 3.25. The summed E-state index contributed by atoms with van der Waals surface area (Å²) in [6.45, 7) is 0.717. The quantitative estimate of drug-likeness (QED) is 0.870. The standard InChI is InChI=1S/C11H14INO/c12-9-3-1-8(2-4-9)7-14-11-5-10(13)6-11/h1-4,10-11H,5-7,13H2. The van der Waals surface area contributed by atoms with Crippen molar-refractivity contribution >= 4 is 22.6 Å². The molecule has 1 fully saturated rings. The van der Waals surface area contributed by atoms with Gasteiger partial charge in [-0.1, -0.05) is 12.1 Å². The molecular weight excluding hydrogens is 289 g/mol. The van der Waals surface area contributed by atoms with Gasteiger partial charge in [0.25, 0.3) is 0 Å². The Hall–Kier alpha value is -0.130. The second kappa shape index (κ2) is 4.59. The van der Waals surface area contributed by atoms with Gasteiger partial charge >= 0.3 is 0 Å². The van der Waals surface area contributed by atoms with Crippen molar-refractivity contribution < 1.29 is 4.74 Å². The Morgan fingerprint density at radius 3 is 2.50 bits per heavy atom. The number of hydrogen-bond donors (Lipinski definition) is 1. The fourth-order valence-electron chi connectivity index (χ4n) is 1.54. The lowest BCUT2D eigenvalue weighted by Crippen LogP contribution is -2.41. The van der Waals surface area contributed by atoms with Gasteiger partial charge < -0.3 is 10.5 Å². The molecule has 2 rings (SSSR count). The monoisotopic (exact) mass is 303 g/mol. The Labute approximate surface area is 98.0 Å². The average molecular weight is 303 g/mol. The third-order valence-electron chi connectivity index (χ3n) is 2.53. The average Bonchev–Trinajstić information content (AvgIpc) is 2.13. The molecule has 0 aromatic heterocycles. The van der Waals surface area contributed by atoms with E-state index in [1.54, 1.807) is 0 Å². The zero-order chi connectivity index (χ0) is 9.97. The fourth-order valence-corrected chi connectivity index (χ4v) is 1.90. The first kappa shape index (κ1) is 10.4. The molecule has 0 saturated heterocycles. The largest absolute Gasteiger partial charge is 0.373 e. The van der Waals surface area contributed by atoms with Gasteiger partial charge in [-0.25, -0.2) is 0 Å². The second-order valence-electron chi connectivity index (χ2n) is 3.79. The van der Waals surface area contributed by atoms with Gasteiger partial charge in [0.15, 0.2) is 0 Å². The highest BCUT2D eigenvalue weighted by molar-refractivity contribution is 14.1. The maximum absolute atomic E-state index is 5.69. The van der Waals surface area contributed by atoms with E-state index in [1.807, 2.05) is 0 Å². The van der Waals surface area contributed by atoms with Gasteiger partial charge in [-0.3, -0.25) is 0 Å². The molecule has 76 valence electrons. The van der Waals surface area contributed by atoms with E-state index < -0.39 is 0 Å². The van der Waals surface area contributed by atoms with Gasteiger partial charge in [-0.05, 0) is 53.1 Å². The summed E-state index contributed by atoms with van der Waals surface area (Å²) in [7, 11) is 0. The summed E-state index contributed by atoms with van der Waals surface area (Å²) in [4.78, 5) is 0. The van der Waals surface area contributed by atoms with Crippen LogP contribution >= 0.6 is 22.6 Å². The Morgan fingerprint density at radius 2 is 1.93 bits per heavy atom. The molecule has 0 bridgehead atoms. The van der Waals surface area contributed by atoms with Crippen LogP contribution in [0, 0.1) is 3.57 Å². The van der Waals surface area contributed by atoms with Crippen LogP contribution in [-0.4, -0.2) is 12.1 Å². The van der Waals surface area contributed by atoms with Gasteiger partial charge in [-0.2, -0.15) is 0 Å². The van der Waals surface area contributed by atoms with Crippen molar-refractivity contribution in [2.45, 2.75) is 31.6 Å². The molecule has 0 unspecified atom stereocenters. The summed E-state index contributed by atoms with van der Waals surface area (Å²) >= 11 is 2.30. The van der Waals surface area contributed by atoms with E-state index >= 15 is 0 Å². The first-order chi connectivity index (χ1) is 6.74. The number of hydrogen-bond acceptors (Lipinski definition) is 2. The maximum Gasteiger partial charge on any atom is 0.0720 e. The SMILES string of the molecule is NC1CC(OCc2ccc(I)cc2)C1. The minimum atomic E-state index is 0.372. The molecule has 0 spiro atoms. The molecule has 2 nitrogen and oxygen atoms in total. The van der Waals surface area contributed by atoms with Crippen molar-refractivity contribution in [1.29, 1.82) is 0 Å². The van der Waals surface area contributed by atoms with Crippen LogP contribution in [-0.2, 0) is 11.3 Å². The Bertz CT molecular complexity index is 293. The van der Waals surface area contributed by atoms with E-state index in [2.05, 4.69) is 46.9 Å². The van der Waals surface area contributed by atoms with Crippen LogP contribution in [0.2, 0.25) is 0 Å². The van der Waals surface area contributed by atoms with Crippen molar-refractivity contribution in [1.82, 2.24) is 0 Å². The Kier molecular flexibility index (Phi) is 3.41. The molecular formula is C11H14INO. The molecule has 0 radical (unpaired) electrons. The van der Waals surface area contributed by atoms with Crippen molar-refractivity contribution in [3.63, 3.8) is 0 Å². The molecule has 2 N–H and O–H groups in total. The van der Waals surface area contributed by atoms with E-state index in [0.29, 0.717) is 18.8 Å². The smallest absolute Gasteiger partial charge is 0.0720 e. The molecule has 0 atom stereocenters. The number of nitrogens with two attached hydrogens (primary N) is 1. The van der Waals surface area contributed by atoms with Crippen molar-refractivity contribution in [3.8, 4) is 0 Å². The highest BCUT2D eigenvalue weighted by Crippen LogP contribution is 2.22. The van der Waals surface area contributed by atoms with Crippen LogP contribution in [0.5, 0.6) is 0 Å². The second-order valence-corrected chi connectivity index (χ2v) is 5.04. The zero-order valence-electron chi connectivity index (χ0n) is 7.95. The fraction of sp³-hybridized carbons (Fsp3) is 0.455. The number of halogens is 1. The zero-order valence-corrected chi connectivity index (χ0v) is 10.1. The van der Waals surface area contributed by atoms with E-state index in [1.165, 1.54) is 9.13 Å². The van der Waals surface area contributed by atoms with Gasteiger partial charge in [-0.15, -0.1) is 0 Å². The lowest BCUT2D eigenvalue weighted by Gasteiger charge is -2.32. The van der Waals surface area contributed by atoms with Crippen molar-refractivity contribution in [3.05, 3.63) is 33.4 Å². The van der Waals surface area contributed by atoms with Crippen LogP contribution in [0.25, 0.3) is 0 Å². The van der Waals surface area contributed by atoms with Gasteiger partial charge in [0.2, 0.25) is 0 Å². The summed E-state index contributed by atoms with van der Waals surface area (Å²) in [6.07, 6.45) is 2.43. The van der Waals surface area contributed by atoms with Crippen LogP contribution in [0.1, 0.15) is 18.4 Å². The summed E-state index contributed by atoms with van der Waals surface area (Å²) in [5.41, 5.74) is 6.92. The predicted molar refractivity (Wildman–Crippen MR) is 64.9 cm³/mol. The molecule has 1 saturated carbocycles.